The van der Waals surface area contributed by atoms with E-state index in [-0.39, 0.29) is 11.4 Å². The van der Waals surface area contributed by atoms with Crippen LogP contribution >= 0.6 is 11.6 Å². The van der Waals surface area contributed by atoms with Gasteiger partial charge in [0.2, 0.25) is 0 Å². The van der Waals surface area contributed by atoms with Gasteiger partial charge in [-0.1, -0.05) is 29.8 Å². The summed E-state index contributed by atoms with van der Waals surface area (Å²) in [6, 6.07) is 17.7. The van der Waals surface area contributed by atoms with Crippen LogP contribution in [0.3, 0.4) is 0 Å². The van der Waals surface area contributed by atoms with Crippen LogP contribution in [0.15, 0.2) is 66.7 Å². The number of rotatable bonds is 5. The topological polar surface area (TPSA) is 116 Å². The first kappa shape index (κ1) is 19.1. The van der Waals surface area contributed by atoms with Crippen molar-refractivity contribution < 1.29 is 14.7 Å². The Bertz CT molecular complexity index is 1080. The van der Waals surface area contributed by atoms with E-state index in [2.05, 4.69) is 5.32 Å². The molecule has 0 atom stereocenters. The lowest BCUT2D eigenvalue weighted by atomic mass is 9.95. The molecule has 0 heterocycles. The lowest BCUT2D eigenvalue weighted by Crippen LogP contribution is -2.14. The summed E-state index contributed by atoms with van der Waals surface area (Å²) in [5.41, 5.74) is 7.67. The molecule has 0 saturated heterocycles. The number of nitrogens with two attached hydrogens (primary N) is 1. The molecule has 6 nitrogen and oxygen atoms in total. The standard InChI is InChI=1S/C21H16ClN3O3/c22-13-7-10-17(21(27)28)18(11-13)15-3-1-2-4-16(15)20(26)25-14-8-5-12(6-9-14)19(23)24/h1-11H,(H3,23,24)(H,25,26)(H,27,28). The smallest absolute Gasteiger partial charge is 0.336 e. The number of hydrogen-bond donors (Lipinski definition) is 4. The van der Waals surface area contributed by atoms with Gasteiger partial charge in [-0.15, -0.1) is 0 Å². The second-order valence-electron chi connectivity index (χ2n) is 5.99. The minimum Gasteiger partial charge on any atom is -0.478 e. The van der Waals surface area contributed by atoms with Crippen LogP contribution in [-0.4, -0.2) is 22.8 Å². The van der Waals surface area contributed by atoms with Crippen LogP contribution in [0, 0.1) is 5.41 Å². The molecule has 7 heteroatoms. The van der Waals surface area contributed by atoms with E-state index in [0.717, 1.165) is 0 Å². The minimum absolute atomic E-state index is 0.0514. The third-order valence-corrected chi connectivity index (χ3v) is 4.36. The van der Waals surface area contributed by atoms with Crippen molar-refractivity contribution in [2.45, 2.75) is 0 Å². The van der Waals surface area contributed by atoms with Gasteiger partial charge in [0, 0.05) is 21.8 Å². The largest absolute Gasteiger partial charge is 0.478 e. The monoisotopic (exact) mass is 393 g/mol. The van der Waals surface area contributed by atoms with Crippen LogP contribution < -0.4 is 11.1 Å². The zero-order valence-corrected chi connectivity index (χ0v) is 15.3. The van der Waals surface area contributed by atoms with Gasteiger partial charge >= 0.3 is 5.97 Å². The van der Waals surface area contributed by atoms with Gasteiger partial charge in [-0.05, 0) is 59.7 Å². The molecule has 0 aliphatic heterocycles. The zero-order chi connectivity index (χ0) is 20.3. The number of carbonyl (C=O) groups excluding carboxylic acids is 1. The van der Waals surface area contributed by atoms with Crippen LogP contribution in [0.1, 0.15) is 26.3 Å². The van der Waals surface area contributed by atoms with Gasteiger partial charge in [0.05, 0.1) is 5.56 Å². The number of hydrogen-bond acceptors (Lipinski definition) is 3. The number of amidine groups is 1. The average molecular weight is 394 g/mol. The number of nitrogen functional groups attached to an aromatic ring is 1. The van der Waals surface area contributed by atoms with E-state index in [1.807, 2.05) is 0 Å². The van der Waals surface area contributed by atoms with Gasteiger partial charge in [0.1, 0.15) is 5.84 Å². The molecule has 0 bridgehead atoms. The first-order valence-electron chi connectivity index (χ1n) is 8.25. The van der Waals surface area contributed by atoms with Crippen molar-refractivity contribution in [3.05, 3.63) is 88.4 Å². The van der Waals surface area contributed by atoms with Gasteiger partial charge < -0.3 is 16.2 Å². The number of carboxylic acids is 1. The fraction of sp³-hybridized carbons (Fsp3) is 0. The molecule has 3 aromatic rings. The first-order chi connectivity index (χ1) is 13.4. The van der Waals surface area contributed by atoms with Gasteiger partial charge in [-0.2, -0.15) is 0 Å². The van der Waals surface area contributed by atoms with Gasteiger partial charge in [0.25, 0.3) is 5.91 Å². The highest BCUT2D eigenvalue weighted by Gasteiger charge is 2.18. The number of anilines is 1. The molecule has 0 fully saturated rings. The Kier molecular flexibility index (Phi) is 5.42. The van der Waals surface area contributed by atoms with Crippen molar-refractivity contribution >= 4 is 35.0 Å². The van der Waals surface area contributed by atoms with Crippen LogP contribution in [0.2, 0.25) is 5.02 Å². The summed E-state index contributed by atoms with van der Waals surface area (Å²) in [5, 5.41) is 20.0. The molecule has 0 radical (unpaired) electrons. The Labute approximate surface area is 166 Å². The predicted molar refractivity (Wildman–Crippen MR) is 109 cm³/mol. The summed E-state index contributed by atoms with van der Waals surface area (Å²) in [5.74, 6) is -1.57. The van der Waals surface area contributed by atoms with Crippen LogP contribution in [0.25, 0.3) is 11.1 Å². The quantitative estimate of drug-likeness (QED) is 0.383. The minimum atomic E-state index is -1.11. The van der Waals surface area contributed by atoms with E-state index in [9.17, 15) is 14.7 Å². The van der Waals surface area contributed by atoms with Gasteiger partial charge in [0.15, 0.2) is 0 Å². The predicted octanol–water partition coefficient (Wildman–Crippen LogP) is 4.24. The highest BCUT2D eigenvalue weighted by Crippen LogP contribution is 2.30. The molecular formula is C21H16ClN3O3. The molecular weight excluding hydrogens is 378 g/mol. The fourth-order valence-corrected chi connectivity index (χ4v) is 2.95. The number of amides is 1. The molecule has 0 aliphatic rings. The van der Waals surface area contributed by atoms with Crippen molar-refractivity contribution in [2.24, 2.45) is 5.73 Å². The van der Waals surface area contributed by atoms with Crippen molar-refractivity contribution in [1.82, 2.24) is 0 Å². The first-order valence-corrected chi connectivity index (χ1v) is 8.62. The lowest BCUT2D eigenvalue weighted by molar-refractivity contribution is 0.0697. The van der Waals surface area contributed by atoms with Gasteiger partial charge in [-0.3, -0.25) is 10.2 Å². The Morgan fingerprint density at radius 3 is 2.25 bits per heavy atom. The average Bonchev–Trinajstić information content (AvgIpc) is 2.68. The normalized spacial score (nSPS) is 10.3. The number of benzene rings is 3. The fourth-order valence-electron chi connectivity index (χ4n) is 2.77. The molecule has 0 saturated carbocycles. The van der Waals surface area contributed by atoms with Crippen LogP contribution in [0.4, 0.5) is 5.69 Å². The molecule has 1 amide bonds. The third-order valence-electron chi connectivity index (χ3n) is 4.13. The molecule has 0 aromatic heterocycles. The second-order valence-corrected chi connectivity index (χ2v) is 6.42. The Morgan fingerprint density at radius 1 is 0.929 bits per heavy atom. The van der Waals surface area contributed by atoms with Crippen molar-refractivity contribution in [2.75, 3.05) is 5.32 Å². The summed E-state index contributed by atoms with van der Waals surface area (Å²) in [4.78, 5) is 24.4. The van der Waals surface area contributed by atoms with Crippen LogP contribution in [0.5, 0.6) is 0 Å². The summed E-state index contributed by atoms with van der Waals surface area (Å²) in [7, 11) is 0. The van der Waals surface area contributed by atoms with Crippen molar-refractivity contribution in [3.8, 4) is 11.1 Å². The van der Waals surface area contributed by atoms with E-state index in [0.29, 0.717) is 33.0 Å². The second kappa shape index (κ2) is 7.94. The van der Waals surface area contributed by atoms with E-state index < -0.39 is 11.9 Å². The van der Waals surface area contributed by atoms with E-state index in [4.69, 9.17) is 22.7 Å². The Hall–Kier alpha value is -3.64. The number of aromatic carboxylic acids is 1. The van der Waals surface area contributed by atoms with Crippen LogP contribution in [-0.2, 0) is 0 Å². The maximum Gasteiger partial charge on any atom is 0.336 e. The van der Waals surface area contributed by atoms with E-state index >= 15 is 0 Å². The summed E-state index contributed by atoms with van der Waals surface area (Å²) in [6.07, 6.45) is 0. The molecule has 0 spiro atoms. The van der Waals surface area contributed by atoms with E-state index in [1.54, 1.807) is 48.5 Å². The zero-order valence-electron chi connectivity index (χ0n) is 14.6. The summed E-state index contributed by atoms with van der Waals surface area (Å²) < 4.78 is 0. The Balaban J connectivity index is 1.99. The highest BCUT2D eigenvalue weighted by atomic mass is 35.5. The maximum absolute atomic E-state index is 12.8. The molecule has 0 aliphatic carbocycles. The number of halogens is 1. The van der Waals surface area contributed by atoms with Crippen molar-refractivity contribution in [3.63, 3.8) is 0 Å². The lowest BCUT2D eigenvalue weighted by Gasteiger charge is -2.13. The summed E-state index contributed by atoms with van der Waals surface area (Å²) in [6.45, 7) is 0. The Morgan fingerprint density at radius 2 is 1.61 bits per heavy atom. The molecule has 3 aromatic carbocycles. The highest BCUT2D eigenvalue weighted by molar-refractivity contribution is 6.31. The molecule has 140 valence electrons. The molecule has 28 heavy (non-hydrogen) atoms. The molecule has 5 N–H and O–H groups in total. The summed E-state index contributed by atoms with van der Waals surface area (Å²) >= 11 is 6.05. The third kappa shape index (κ3) is 4.02. The number of carboxylic acid groups (broad SMARTS) is 1. The SMILES string of the molecule is N=C(N)c1ccc(NC(=O)c2ccccc2-c2cc(Cl)ccc2C(=O)O)cc1. The van der Waals surface area contributed by atoms with Crippen molar-refractivity contribution in [1.29, 1.82) is 5.41 Å². The van der Waals surface area contributed by atoms with Gasteiger partial charge in [-0.25, -0.2) is 4.79 Å². The molecule has 0 unspecified atom stereocenters. The maximum atomic E-state index is 12.8. The van der Waals surface area contributed by atoms with E-state index in [1.165, 1.54) is 18.2 Å². The number of nitrogens with one attached hydrogen (secondary N) is 2. The molecule has 3 rings (SSSR count). The number of carbonyl (C=O) groups is 2.